The van der Waals surface area contributed by atoms with Crippen molar-refractivity contribution in [2.75, 3.05) is 12.4 Å². The molecule has 35 heavy (non-hydrogen) atoms. The highest BCUT2D eigenvalue weighted by atomic mass is 16.5. The zero-order chi connectivity index (χ0) is 24.7. The maximum absolute atomic E-state index is 12.6. The fraction of sp³-hybridized carbons (Fsp3) is 0.440. The molecule has 0 aliphatic heterocycles. The number of methoxy groups -OCH3 is 1. The van der Waals surface area contributed by atoms with Crippen molar-refractivity contribution >= 4 is 22.9 Å². The first-order valence-corrected chi connectivity index (χ1v) is 11.9. The van der Waals surface area contributed by atoms with Crippen LogP contribution in [0.4, 0.5) is 5.95 Å². The van der Waals surface area contributed by atoms with Crippen LogP contribution in [0.1, 0.15) is 56.8 Å². The van der Waals surface area contributed by atoms with Crippen molar-refractivity contribution in [1.82, 2.24) is 29.5 Å². The fourth-order valence-corrected chi connectivity index (χ4v) is 4.66. The zero-order valence-electron chi connectivity index (χ0n) is 20.4. The lowest BCUT2D eigenvalue weighted by Crippen LogP contribution is -2.36. The minimum absolute atomic E-state index is 0.0297. The summed E-state index contributed by atoms with van der Waals surface area (Å²) in [7, 11) is 1.59. The summed E-state index contributed by atoms with van der Waals surface area (Å²) in [6, 6.07) is 6.08. The summed E-state index contributed by atoms with van der Waals surface area (Å²) >= 11 is 0. The van der Waals surface area contributed by atoms with Gasteiger partial charge >= 0.3 is 0 Å². The van der Waals surface area contributed by atoms with E-state index in [4.69, 9.17) is 4.74 Å². The van der Waals surface area contributed by atoms with E-state index in [9.17, 15) is 9.90 Å². The third-order valence-electron chi connectivity index (χ3n) is 6.57. The molecule has 1 amide bonds. The Morgan fingerprint density at radius 2 is 1.97 bits per heavy atom. The van der Waals surface area contributed by atoms with Crippen molar-refractivity contribution in [2.45, 2.75) is 64.1 Å². The Hall–Kier alpha value is -3.66. The predicted molar refractivity (Wildman–Crippen MR) is 133 cm³/mol. The number of ether oxygens (including phenoxy) is 1. The lowest BCUT2D eigenvalue weighted by Gasteiger charge is -2.33. The van der Waals surface area contributed by atoms with E-state index in [-0.39, 0.29) is 18.0 Å². The molecule has 0 radical (unpaired) electrons. The normalized spacial score (nSPS) is 20.5. The second kappa shape index (κ2) is 8.84. The Kier molecular flexibility index (Phi) is 5.84. The zero-order valence-corrected chi connectivity index (χ0v) is 20.4. The Morgan fingerprint density at radius 3 is 2.69 bits per heavy atom. The number of fused-ring (bicyclic) bond motifs is 2. The summed E-state index contributed by atoms with van der Waals surface area (Å²) in [6.07, 6.45) is 8.48. The molecule has 1 fully saturated rings. The molecule has 4 aromatic heterocycles. The van der Waals surface area contributed by atoms with E-state index in [2.05, 4.69) is 25.8 Å². The predicted octanol–water partition coefficient (Wildman–Crippen LogP) is 3.30. The van der Waals surface area contributed by atoms with E-state index >= 15 is 0 Å². The molecule has 184 valence electrons. The average molecular weight is 478 g/mol. The van der Waals surface area contributed by atoms with Gasteiger partial charge in [0.05, 0.1) is 30.0 Å². The van der Waals surface area contributed by atoms with Crippen LogP contribution >= 0.6 is 0 Å². The lowest BCUT2D eigenvalue weighted by atomic mass is 9.84. The lowest BCUT2D eigenvalue weighted by molar-refractivity contribution is 0.0195. The van der Waals surface area contributed by atoms with Gasteiger partial charge in [-0.2, -0.15) is 10.1 Å². The minimum Gasteiger partial charge on any atom is -0.479 e. The van der Waals surface area contributed by atoms with E-state index in [1.54, 1.807) is 22.3 Å². The van der Waals surface area contributed by atoms with Crippen LogP contribution in [0.2, 0.25) is 0 Å². The molecule has 0 aromatic carbocycles. The monoisotopic (exact) mass is 477 g/mol. The number of amides is 1. The van der Waals surface area contributed by atoms with Gasteiger partial charge in [-0.05, 0) is 70.2 Å². The summed E-state index contributed by atoms with van der Waals surface area (Å²) in [4.78, 5) is 17.3. The molecule has 4 aromatic rings. The number of nitrogens with one attached hydrogen (secondary N) is 2. The first-order chi connectivity index (χ1) is 16.7. The van der Waals surface area contributed by atoms with Crippen LogP contribution in [-0.4, -0.2) is 60.0 Å². The van der Waals surface area contributed by atoms with E-state index in [1.807, 2.05) is 51.4 Å². The maximum Gasteiger partial charge on any atom is 0.255 e. The number of carbonyl (C=O) groups excluding carboxylic acids is 1. The van der Waals surface area contributed by atoms with Gasteiger partial charge in [0.25, 0.3) is 5.91 Å². The van der Waals surface area contributed by atoms with Crippen molar-refractivity contribution in [1.29, 1.82) is 0 Å². The highest BCUT2D eigenvalue weighted by Crippen LogP contribution is 2.33. The number of nitrogens with zero attached hydrogens (tertiary/aromatic N) is 5. The molecule has 0 unspecified atom stereocenters. The summed E-state index contributed by atoms with van der Waals surface area (Å²) in [5.41, 5.74) is 3.16. The number of anilines is 1. The van der Waals surface area contributed by atoms with Crippen LogP contribution in [0.5, 0.6) is 5.88 Å². The standard InChI is InChI=1S/C25H31N7O3/c1-15(2)27-22(33)19-14-26-31-11-7-16(13-20(19)31)18-8-12-32-21(18)23(35-4)29-24(30-32)28-17-5-9-25(3,34)10-6-17/h7-8,11-15,17,34H,5-6,9-10H2,1-4H3,(H,27,33)(H,28,30). The summed E-state index contributed by atoms with van der Waals surface area (Å²) in [5, 5.41) is 25.5. The summed E-state index contributed by atoms with van der Waals surface area (Å²) in [6.45, 7) is 5.74. The van der Waals surface area contributed by atoms with Gasteiger partial charge in [-0.1, -0.05) is 0 Å². The summed E-state index contributed by atoms with van der Waals surface area (Å²) in [5.74, 6) is 0.785. The Balaban J connectivity index is 1.49. The molecule has 1 saturated carbocycles. The van der Waals surface area contributed by atoms with Gasteiger partial charge in [0.15, 0.2) is 0 Å². The molecular weight excluding hydrogens is 446 g/mol. The molecule has 0 atom stereocenters. The van der Waals surface area contributed by atoms with Crippen LogP contribution in [0.25, 0.3) is 22.2 Å². The van der Waals surface area contributed by atoms with Gasteiger partial charge in [0, 0.05) is 30.0 Å². The highest BCUT2D eigenvalue weighted by Gasteiger charge is 2.29. The first-order valence-electron chi connectivity index (χ1n) is 11.9. The molecule has 3 N–H and O–H groups in total. The number of hydrogen-bond acceptors (Lipinski definition) is 7. The van der Waals surface area contributed by atoms with E-state index in [0.29, 0.717) is 22.9 Å². The molecular formula is C25H31N7O3. The van der Waals surface area contributed by atoms with Gasteiger partial charge in [-0.15, -0.1) is 5.10 Å². The third kappa shape index (κ3) is 4.53. The molecule has 0 spiro atoms. The Morgan fingerprint density at radius 1 is 1.23 bits per heavy atom. The average Bonchev–Trinajstić information content (AvgIpc) is 3.43. The van der Waals surface area contributed by atoms with Crippen molar-refractivity contribution in [2.24, 2.45) is 0 Å². The topological polar surface area (TPSA) is 118 Å². The van der Waals surface area contributed by atoms with Crippen LogP contribution in [0, 0.1) is 0 Å². The summed E-state index contributed by atoms with van der Waals surface area (Å²) < 4.78 is 9.10. The molecule has 0 bridgehead atoms. The first kappa shape index (κ1) is 23.1. The van der Waals surface area contributed by atoms with Gasteiger partial charge in [0.1, 0.15) is 5.52 Å². The number of aromatic nitrogens is 5. The smallest absolute Gasteiger partial charge is 0.255 e. The van der Waals surface area contributed by atoms with Crippen molar-refractivity contribution < 1.29 is 14.6 Å². The third-order valence-corrected chi connectivity index (χ3v) is 6.57. The molecule has 4 heterocycles. The molecule has 1 aliphatic rings. The molecule has 10 nitrogen and oxygen atoms in total. The van der Waals surface area contributed by atoms with Crippen LogP contribution in [0.3, 0.4) is 0 Å². The van der Waals surface area contributed by atoms with Crippen molar-refractivity contribution in [3.05, 3.63) is 42.4 Å². The van der Waals surface area contributed by atoms with Gasteiger partial charge in [-0.3, -0.25) is 4.79 Å². The van der Waals surface area contributed by atoms with E-state index in [0.717, 1.165) is 42.3 Å². The van der Waals surface area contributed by atoms with Crippen LogP contribution in [0.15, 0.2) is 36.8 Å². The largest absolute Gasteiger partial charge is 0.479 e. The highest BCUT2D eigenvalue weighted by molar-refractivity contribution is 6.01. The number of hydrogen-bond donors (Lipinski definition) is 3. The van der Waals surface area contributed by atoms with E-state index in [1.165, 1.54) is 0 Å². The number of rotatable bonds is 6. The van der Waals surface area contributed by atoms with Crippen LogP contribution in [-0.2, 0) is 0 Å². The number of pyridine rings is 1. The minimum atomic E-state index is -0.595. The second-order valence-electron chi connectivity index (χ2n) is 9.81. The fourth-order valence-electron chi connectivity index (χ4n) is 4.66. The van der Waals surface area contributed by atoms with Gasteiger partial charge in [0.2, 0.25) is 11.8 Å². The van der Waals surface area contributed by atoms with Crippen LogP contribution < -0.4 is 15.4 Å². The second-order valence-corrected chi connectivity index (χ2v) is 9.81. The van der Waals surface area contributed by atoms with Gasteiger partial charge < -0.3 is 20.5 Å². The number of carbonyl (C=O) groups is 1. The maximum atomic E-state index is 12.6. The Bertz CT molecular complexity index is 1380. The number of aliphatic hydroxyl groups is 1. The van der Waals surface area contributed by atoms with Crippen molar-refractivity contribution in [3.8, 4) is 17.0 Å². The quantitative estimate of drug-likeness (QED) is 0.390. The molecule has 10 heteroatoms. The van der Waals surface area contributed by atoms with Gasteiger partial charge in [-0.25, -0.2) is 9.03 Å². The van der Waals surface area contributed by atoms with Crippen molar-refractivity contribution in [3.63, 3.8) is 0 Å². The molecule has 0 saturated heterocycles. The SMILES string of the molecule is COc1nc(NC2CCC(C)(O)CC2)nn2ccc(-c3ccn4ncc(C(=O)NC(C)C)c4c3)c12. The van der Waals surface area contributed by atoms with E-state index < -0.39 is 5.60 Å². The molecule has 5 rings (SSSR count). The molecule has 1 aliphatic carbocycles. The Labute approximate surface area is 203 Å².